The van der Waals surface area contributed by atoms with Crippen molar-refractivity contribution in [2.45, 2.75) is 37.3 Å². The van der Waals surface area contributed by atoms with Crippen molar-refractivity contribution in [1.29, 1.82) is 0 Å². The molecule has 3 aromatic rings. The van der Waals surface area contributed by atoms with Crippen LogP contribution in [0.3, 0.4) is 0 Å². The van der Waals surface area contributed by atoms with Gasteiger partial charge in [-0.25, -0.2) is 9.18 Å². The van der Waals surface area contributed by atoms with Crippen LogP contribution in [0, 0.1) is 12.7 Å². The number of rotatable bonds is 5. The molecule has 2 aliphatic heterocycles. The molecular weight excluding hydrogens is 532 g/mol. The van der Waals surface area contributed by atoms with E-state index in [0.717, 1.165) is 0 Å². The van der Waals surface area contributed by atoms with Crippen LogP contribution in [0.25, 0.3) is 0 Å². The molecule has 2 heterocycles. The number of ketones is 1. The number of nitrogens with one attached hydrogen (secondary N) is 2. The zero-order valence-corrected chi connectivity index (χ0v) is 22.0. The molecule has 1 spiro atoms. The van der Waals surface area contributed by atoms with Crippen molar-refractivity contribution in [2.24, 2.45) is 0 Å². The van der Waals surface area contributed by atoms with Gasteiger partial charge in [0.2, 0.25) is 5.91 Å². The van der Waals surface area contributed by atoms with E-state index >= 15 is 4.39 Å². The Morgan fingerprint density at radius 3 is 2.63 bits per heavy atom. The van der Waals surface area contributed by atoms with Crippen molar-refractivity contribution >= 4 is 52.2 Å². The summed E-state index contributed by atoms with van der Waals surface area (Å²) in [6.45, 7) is 1.64. The molecule has 2 aliphatic rings. The maximum atomic E-state index is 15.3. The molecule has 38 heavy (non-hydrogen) atoms. The SMILES string of the molecule is COC(=O)c1ccc(C(=O)C[C@H]2C[C@H](c3cccc(Cl)c3F)[C@@]3(N2)C(=O)Nc2cc(Cl)ccc23)c(N)c1C. The van der Waals surface area contributed by atoms with Crippen LogP contribution in [0.4, 0.5) is 15.8 Å². The Morgan fingerprint density at radius 2 is 1.89 bits per heavy atom. The lowest BCUT2D eigenvalue weighted by Crippen LogP contribution is -2.49. The zero-order valence-electron chi connectivity index (χ0n) is 20.5. The predicted molar refractivity (Wildman–Crippen MR) is 143 cm³/mol. The molecule has 0 saturated carbocycles. The van der Waals surface area contributed by atoms with Crippen LogP contribution in [0.15, 0.2) is 48.5 Å². The van der Waals surface area contributed by atoms with E-state index < -0.39 is 29.3 Å². The Kier molecular flexibility index (Phi) is 6.67. The van der Waals surface area contributed by atoms with Gasteiger partial charge < -0.3 is 15.8 Å². The van der Waals surface area contributed by atoms with Gasteiger partial charge in [-0.3, -0.25) is 14.9 Å². The van der Waals surface area contributed by atoms with Crippen LogP contribution in [-0.2, 0) is 15.1 Å². The van der Waals surface area contributed by atoms with Gasteiger partial charge in [0.05, 0.1) is 17.7 Å². The summed E-state index contributed by atoms with van der Waals surface area (Å²) in [4.78, 5) is 39.0. The average Bonchev–Trinajstić information content (AvgIpc) is 3.38. The molecule has 0 aromatic heterocycles. The molecule has 7 nitrogen and oxygen atoms in total. The molecular formula is C28H24Cl2FN3O4. The van der Waals surface area contributed by atoms with Gasteiger partial charge in [-0.2, -0.15) is 0 Å². The first-order valence-corrected chi connectivity index (χ1v) is 12.7. The summed E-state index contributed by atoms with van der Waals surface area (Å²) >= 11 is 12.3. The molecule has 1 amide bonds. The topological polar surface area (TPSA) is 111 Å². The molecule has 0 bridgehead atoms. The van der Waals surface area contributed by atoms with Crippen LogP contribution in [-0.4, -0.2) is 30.8 Å². The number of nitrogens with two attached hydrogens (primary N) is 1. The third-order valence-corrected chi connectivity index (χ3v) is 8.02. The molecule has 4 N–H and O–H groups in total. The van der Waals surface area contributed by atoms with Gasteiger partial charge in [-0.05, 0) is 54.8 Å². The van der Waals surface area contributed by atoms with Crippen LogP contribution in [0.1, 0.15) is 56.2 Å². The summed E-state index contributed by atoms with van der Waals surface area (Å²) in [7, 11) is 1.27. The Bertz CT molecular complexity index is 1510. The van der Waals surface area contributed by atoms with Crippen molar-refractivity contribution in [3.05, 3.63) is 92.2 Å². The number of nitrogen functional groups attached to an aromatic ring is 1. The summed E-state index contributed by atoms with van der Waals surface area (Å²) in [5.74, 6) is -2.48. The summed E-state index contributed by atoms with van der Waals surface area (Å²) in [6, 6.07) is 12.2. The van der Waals surface area contributed by atoms with Crippen LogP contribution in [0.2, 0.25) is 10.0 Å². The van der Waals surface area contributed by atoms with Gasteiger partial charge in [-0.1, -0.05) is 41.4 Å². The fraction of sp³-hybridized carbons (Fsp3) is 0.250. The lowest BCUT2D eigenvalue weighted by atomic mass is 9.76. The Morgan fingerprint density at radius 1 is 1.16 bits per heavy atom. The standard InChI is InChI=1S/C28H24Cl2FN3O4/c1-13-16(26(36)38-2)7-8-18(25(13)32)23(35)12-15-11-20(17-4-3-5-21(30)24(17)31)28(34-15)19-9-6-14(29)10-22(19)33-27(28)37/h3-10,15,20,34H,11-12,32H2,1-2H3,(H,33,37)/t15-,20-,28-/m1/s1. The third kappa shape index (κ3) is 4.04. The molecule has 0 aliphatic carbocycles. The summed E-state index contributed by atoms with van der Waals surface area (Å²) < 4.78 is 20.1. The number of amides is 1. The largest absolute Gasteiger partial charge is 0.465 e. The van der Waals surface area contributed by atoms with Crippen molar-refractivity contribution in [3.63, 3.8) is 0 Å². The Balaban J connectivity index is 1.53. The number of carbonyl (C=O) groups excluding carboxylic acids is 3. The summed E-state index contributed by atoms with van der Waals surface area (Å²) in [5, 5.41) is 6.61. The minimum Gasteiger partial charge on any atom is -0.465 e. The molecule has 3 atom stereocenters. The van der Waals surface area contributed by atoms with E-state index in [0.29, 0.717) is 21.8 Å². The Hall–Kier alpha value is -3.46. The maximum Gasteiger partial charge on any atom is 0.338 e. The van der Waals surface area contributed by atoms with Gasteiger partial charge in [0.15, 0.2) is 5.78 Å². The first-order chi connectivity index (χ1) is 18.1. The lowest BCUT2D eigenvalue weighted by Gasteiger charge is -2.30. The van der Waals surface area contributed by atoms with Gasteiger partial charge in [-0.15, -0.1) is 0 Å². The predicted octanol–water partition coefficient (Wildman–Crippen LogP) is 5.38. The second-order valence-electron chi connectivity index (χ2n) is 9.54. The highest BCUT2D eigenvalue weighted by atomic mass is 35.5. The molecule has 1 fully saturated rings. The highest BCUT2D eigenvalue weighted by molar-refractivity contribution is 6.31. The second kappa shape index (κ2) is 9.69. The normalized spacial score (nSPS) is 21.9. The van der Waals surface area contributed by atoms with Gasteiger partial charge in [0.25, 0.3) is 0 Å². The number of carbonyl (C=O) groups is 3. The first-order valence-electron chi connectivity index (χ1n) is 11.9. The van der Waals surface area contributed by atoms with E-state index in [1.807, 2.05) is 0 Å². The smallest absolute Gasteiger partial charge is 0.338 e. The molecule has 0 radical (unpaired) electrons. The highest BCUT2D eigenvalue weighted by Crippen LogP contribution is 2.53. The maximum absolute atomic E-state index is 15.3. The summed E-state index contributed by atoms with van der Waals surface area (Å²) in [6.07, 6.45) is 0.259. The Labute approximate surface area is 228 Å². The lowest BCUT2D eigenvalue weighted by molar-refractivity contribution is -0.122. The number of hydrogen-bond acceptors (Lipinski definition) is 6. The quantitative estimate of drug-likeness (QED) is 0.221. The van der Waals surface area contributed by atoms with Crippen molar-refractivity contribution in [2.75, 3.05) is 18.2 Å². The highest BCUT2D eigenvalue weighted by Gasteiger charge is 2.58. The van der Waals surface area contributed by atoms with E-state index in [-0.39, 0.29) is 51.9 Å². The van der Waals surface area contributed by atoms with E-state index in [1.165, 1.54) is 25.3 Å². The van der Waals surface area contributed by atoms with Gasteiger partial charge in [0, 0.05) is 45.9 Å². The monoisotopic (exact) mass is 555 g/mol. The third-order valence-electron chi connectivity index (χ3n) is 7.50. The average molecular weight is 556 g/mol. The zero-order chi connectivity index (χ0) is 27.4. The number of hydrogen-bond donors (Lipinski definition) is 3. The van der Waals surface area contributed by atoms with E-state index in [2.05, 4.69) is 10.6 Å². The van der Waals surface area contributed by atoms with Crippen molar-refractivity contribution < 1.29 is 23.5 Å². The molecule has 5 rings (SSSR count). The number of esters is 1. The van der Waals surface area contributed by atoms with E-state index in [1.54, 1.807) is 37.3 Å². The van der Waals surface area contributed by atoms with Gasteiger partial charge >= 0.3 is 5.97 Å². The number of halogens is 3. The first kappa shape index (κ1) is 26.2. The summed E-state index contributed by atoms with van der Waals surface area (Å²) in [5.41, 5.74) is 7.45. The fourth-order valence-corrected chi connectivity index (χ4v) is 6.01. The van der Waals surface area contributed by atoms with Gasteiger partial charge in [0.1, 0.15) is 11.4 Å². The van der Waals surface area contributed by atoms with Crippen molar-refractivity contribution in [1.82, 2.24) is 5.32 Å². The van der Waals surface area contributed by atoms with Crippen LogP contribution >= 0.6 is 23.2 Å². The number of methoxy groups -OCH3 is 1. The minimum atomic E-state index is -1.34. The van der Waals surface area contributed by atoms with Crippen LogP contribution in [0.5, 0.6) is 0 Å². The molecule has 196 valence electrons. The minimum absolute atomic E-state index is 0.0160. The number of anilines is 2. The molecule has 10 heteroatoms. The molecule has 1 saturated heterocycles. The molecule has 3 aromatic carbocycles. The number of Topliss-reactive ketones (excluding diaryl/α,β-unsaturated/α-hetero) is 1. The van der Waals surface area contributed by atoms with Crippen molar-refractivity contribution in [3.8, 4) is 0 Å². The van der Waals surface area contributed by atoms with E-state index in [9.17, 15) is 14.4 Å². The molecule has 0 unspecified atom stereocenters. The fourth-order valence-electron chi connectivity index (χ4n) is 5.66. The van der Waals surface area contributed by atoms with E-state index in [4.69, 9.17) is 33.7 Å². The number of fused-ring (bicyclic) bond motifs is 2. The number of benzene rings is 3. The second-order valence-corrected chi connectivity index (χ2v) is 10.4. The number of ether oxygens (including phenoxy) is 1. The van der Waals surface area contributed by atoms with Crippen LogP contribution < -0.4 is 16.4 Å².